The maximum Gasteiger partial charge on any atom is 0.323 e. The number of amides is 2. The van der Waals surface area contributed by atoms with E-state index in [1.54, 1.807) is 31.2 Å². The molecule has 2 amide bonds. The van der Waals surface area contributed by atoms with Crippen molar-refractivity contribution < 1.29 is 29.0 Å². The minimum absolute atomic E-state index is 0.0194. The number of aromatic hydroxyl groups is 1. The van der Waals surface area contributed by atoms with Gasteiger partial charge < -0.3 is 31.9 Å². The van der Waals surface area contributed by atoms with Crippen molar-refractivity contribution in [2.24, 2.45) is 11.5 Å². The number of hydrogen-bond acceptors (Lipinski definition) is 6. The third-order valence-electron chi connectivity index (χ3n) is 5.41. The first kappa shape index (κ1) is 26.7. The van der Waals surface area contributed by atoms with Gasteiger partial charge in [-0.2, -0.15) is 0 Å². The number of nitrogens with zero attached hydrogens (tertiary/aromatic N) is 1. The monoisotopic (exact) mass is 474 g/mol. The molecule has 0 aliphatic rings. The Hall–Kier alpha value is -3.50. The first-order valence-electron chi connectivity index (χ1n) is 10.8. The molecule has 0 heterocycles. The minimum Gasteiger partial charge on any atom is -0.508 e. The fourth-order valence-corrected chi connectivity index (χ4v) is 3.49. The molecule has 7 N–H and O–H groups in total. The number of benzene rings is 2. The number of carbonyl (C=O) groups is 3. The highest BCUT2D eigenvalue weighted by Crippen LogP contribution is 2.28. The smallest absolute Gasteiger partial charge is 0.323 e. The summed E-state index contributed by atoms with van der Waals surface area (Å²) in [7, 11) is 1.33. The van der Waals surface area contributed by atoms with Crippen molar-refractivity contribution in [1.29, 1.82) is 0 Å². The lowest BCUT2D eigenvalue weighted by atomic mass is 9.97. The van der Waals surface area contributed by atoms with E-state index in [9.17, 15) is 23.9 Å². The number of phenols is 1. The molecule has 184 valence electrons. The van der Waals surface area contributed by atoms with Crippen LogP contribution in [0.5, 0.6) is 5.75 Å². The number of nitrogens with one attached hydrogen (secondary N) is 1. The third kappa shape index (κ3) is 7.26. The molecule has 2 rings (SSSR count). The number of likely N-dealkylation sites (N-methyl/N-ethyl adjacent to an activating group) is 1. The fourth-order valence-electron chi connectivity index (χ4n) is 3.49. The highest BCUT2D eigenvalue weighted by Gasteiger charge is 2.27. The van der Waals surface area contributed by atoms with Gasteiger partial charge in [-0.15, -0.1) is 0 Å². The van der Waals surface area contributed by atoms with E-state index >= 15 is 0 Å². The van der Waals surface area contributed by atoms with Crippen LogP contribution in [0.3, 0.4) is 0 Å². The molecule has 2 aromatic rings. The molecule has 0 radical (unpaired) electrons. The van der Waals surface area contributed by atoms with Crippen LogP contribution in [0.1, 0.15) is 24.0 Å². The Balaban J connectivity index is 2.15. The number of phenolic OH excluding ortho intramolecular Hbond substituents is 1. The molecule has 0 bridgehead atoms. The molecular formula is C24H31FN4O5. The lowest BCUT2D eigenvalue weighted by molar-refractivity contribution is -0.144. The zero-order valence-electron chi connectivity index (χ0n) is 19.3. The van der Waals surface area contributed by atoms with Gasteiger partial charge in [-0.1, -0.05) is 12.1 Å². The quantitative estimate of drug-likeness (QED) is 0.327. The SMILES string of the molecule is Cc1cc(-c2ccc(O)c(C[C@H](N)C(=O)N[C@@H](CCCN)C(=O)N(C)CC(=O)O)c2)ccc1F. The van der Waals surface area contributed by atoms with Crippen LogP contribution in [-0.4, -0.2) is 65.1 Å². The molecule has 0 spiro atoms. The summed E-state index contributed by atoms with van der Waals surface area (Å²) < 4.78 is 13.6. The second kappa shape index (κ2) is 12.1. The van der Waals surface area contributed by atoms with Gasteiger partial charge in [0.15, 0.2) is 0 Å². The van der Waals surface area contributed by atoms with Crippen molar-refractivity contribution in [3.05, 3.63) is 53.3 Å². The van der Waals surface area contributed by atoms with Gasteiger partial charge in [-0.3, -0.25) is 14.4 Å². The number of nitrogens with two attached hydrogens (primary N) is 2. The molecule has 0 saturated carbocycles. The highest BCUT2D eigenvalue weighted by atomic mass is 19.1. The number of aliphatic carboxylic acids is 1. The van der Waals surface area contributed by atoms with Crippen molar-refractivity contribution in [2.75, 3.05) is 20.1 Å². The molecule has 2 aromatic carbocycles. The topological polar surface area (TPSA) is 159 Å². The fraction of sp³-hybridized carbons (Fsp3) is 0.375. The lowest BCUT2D eigenvalue weighted by Crippen LogP contribution is -2.53. The molecule has 0 fully saturated rings. The predicted molar refractivity (Wildman–Crippen MR) is 125 cm³/mol. The molecule has 34 heavy (non-hydrogen) atoms. The second-order valence-corrected chi connectivity index (χ2v) is 8.20. The molecule has 2 atom stereocenters. The number of hydrogen-bond donors (Lipinski definition) is 5. The Morgan fingerprint density at radius 2 is 1.79 bits per heavy atom. The van der Waals surface area contributed by atoms with Gasteiger partial charge in [0.1, 0.15) is 24.2 Å². The van der Waals surface area contributed by atoms with Crippen molar-refractivity contribution in [2.45, 2.75) is 38.3 Å². The third-order valence-corrected chi connectivity index (χ3v) is 5.41. The van der Waals surface area contributed by atoms with Gasteiger partial charge in [0.25, 0.3) is 0 Å². The van der Waals surface area contributed by atoms with Crippen molar-refractivity contribution in [3.63, 3.8) is 0 Å². The summed E-state index contributed by atoms with van der Waals surface area (Å²) in [5.74, 6) is -2.74. The summed E-state index contributed by atoms with van der Waals surface area (Å²) in [5.41, 5.74) is 13.9. The number of carbonyl (C=O) groups excluding carboxylic acids is 2. The van der Waals surface area contributed by atoms with Gasteiger partial charge in [-0.25, -0.2) is 4.39 Å². The summed E-state index contributed by atoms with van der Waals surface area (Å²) in [6.45, 7) is 1.43. The van der Waals surface area contributed by atoms with E-state index in [0.29, 0.717) is 17.5 Å². The number of carboxylic acids is 1. The van der Waals surface area contributed by atoms with Gasteiger partial charge in [0.05, 0.1) is 6.04 Å². The second-order valence-electron chi connectivity index (χ2n) is 8.20. The Morgan fingerprint density at radius 1 is 1.15 bits per heavy atom. The molecule has 0 aliphatic carbocycles. The number of halogens is 1. The summed E-state index contributed by atoms with van der Waals surface area (Å²) in [5, 5.41) is 21.8. The maximum absolute atomic E-state index is 13.6. The van der Waals surface area contributed by atoms with Crippen LogP contribution in [0, 0.1) is 12.7 Å². The van der Waals surface area contributed by atoms with Crippen LogP contribution in [0.15, 0.2) is 36.4 Å². The maximum atomic E-state index is 13.6. The van der Waals surface area contributed by atoms with E-state index < -0.39 is 36.4 Å². The molecule has 9 nitrogen and oxygen atoms in total. The zero-order valence-corrected chi connectivity index (χ0v) is 19.3. The van der Waals surface area contributed by atoms with Crippen molar-refractivity contribution in [3.8, 4) is 16.9 Å². The average Bonchev–Trinajstić information content (AvgIpc) is 2.78. The minimum atomic E-state index is -1.18. The number of carboxylic acid groups (broad SMARTS) is 1. The molecular weight excluding hydrogens is 443 g/mol. The molecule has 0 unspecified atom stereocenters. The summed E-state index contributed by atoms with van der Waals surface area (Å²) >= 11 is 0. The summed E-state index contributed by atoms with van der Waals surface area (Å²) in [6.07, 6.45) is 0.642. The predicted octanol–water partition coefficient (Wildman–Crippen LogP) is 1.14. The average molecular weight is 475 g/mol. The van der Waals surface area contributed by atoms with Gasteiger partial charge >= 0.3 is 5.97 Å². The van der Waals surface area contributed by atoms with E-state index in [4.69, 9.17) is 16.6 Å². The van der Waals surface area contributed by atoms with E-state index in [1.807, 2.05) is 0 Å². The Labute approximate surface area is 197 Å². The van der Waals surface area contributed by atoms with Gasteiger partial charge in [0, 0.05) is 13.5 Å². The normalized spacial score (nSPS) is 12.6. The molecule has 0 saturated heterocycles. The van der Waals surface area contributed by atoms with E-state index in [2.05, 4.69) is 5.32 Å². The van der Waals surface area contributed by atoms with Gasteiger partial charge in [0.2, 0.25) is 11.8 Å². The van der Waals surface area contributed by atoms with Crippen molar-refractivity contribution in [1.82, 2.24) is 10.2 Å². The van der Waals surface area contributed by atoms with Crippen LogP contribution in [-0.2, 0) is 20.8 Å². The number of aryl methyl sites for hydroxylation is 1. The number of rotatable bonds is 11. The molecule has 0 aromatic heterocycles. The van der Waals surface area contributed by atoms with E-state index in [1.165, 1.54) is 19.2 Å². The van der Waals surface area contributed by atoms with Crippen LogP contribution in [0.2, 0.25) is 0 Å². The van der Waals surface area contributed by atoms with Gasteiger partial charge in [-0.05, 0) is 72.8 Å². The van der Waals surface area contributed by atoms with E-state index in [-0.39, 0.29) is 31.0 Å². The highest BCUT2D eigenvalue weighted by molar-refractivity contribution is 5.91. The Bertz CT molecular complexity index is 1050. The first-order valence-corrected chi connectivity index (χ1v) is 10.8. The van der Waals surface area contributed by atoms with Crippen LogP contribution in [0.4, 0.5) is 4.39 Å². The Morgan fingerprint density at radius 3 is 2.41 bits per heavy atom. The van der Waals surface area contributed by atoms with E-state index in [0.717, 1.165) is 16.0 Å². The van der Waals surface area contributed by atoms with Crippen LogP contribution < -0.4 is 16.8 Å². The largest absolute Gasteiger partial charge is 0.508 e. The zero-order chi connectivity index (χ0) is 25.4. The lowest BCUT2D eigenvalue weighted by Gasteiger charge is -2.25. The summed E-state index contributed by atoms with van der Waals surface area (Å²) in [4.78, 5) is 37.3. The standard InChI is InChI=1S/C24H31FN4O5/c1-14-10-15(5-7-18(14)25)16-6-8-21(30)17(11-16)12-19(27)23(33)28-20(4-3-9-26)24(34)29(2)13-22(31)32/h5-8,10-11,19-20,30H,3-4,9,12-13,26-27H2,1-2H3,(H,28,33)(H,31,32)/t19-,20-/m0/s1. The van der Waals surface area contributed by atoms with Crippen LogP contribution >= 0.6 is 0 Å². The summed E-state index contributed by atoms with van der Waals surface area (Å²) in [6, 6.07) is 7.41. The molecule has 10 heteroatoms. The first-order chi connectivity index (χ1) is 16.0. The van der Waals surface area contributed by atoms with Crippen LogP contribution in [0.25, 0.3) is 11.1 Å². The molecule has 0 aliphatic heterocycles. The Kier molecular flexibility index (Phi) is 9.52. The van der Waals surface area contributed by atoms with Crippen molar-refractivity contribution >= 4 is 17.8 Å².